The van der Waals surface area contributed by atoms with Crippen molar-refractivity contribution in [1.29, 1.82) is 0 Å². The second-order valence-electron chi connectivity index (χ2n) is 5.10. The minimum atomic E-state index is -0.388. The second kappa shape index (κ2) is 4.23. The Labute approximate surface area is 106 Å². The van der Waals surface area contributed by atoms with Crippen molar-refractivity contribution in [3.05, 3.63) is 18.0 Å². The minimum Gasteiger partial charge on any atom is -0.465 e. The van der Waals surface area contributed by atoms with Crippen molar-refractivity contribution in [2.75, 3.05) is 18.6 Å². The van der Waals surface area contributed by atoms with Crippen LogP contribution >= 0.6 is 0 Å². The third-order valence-electron chi connectivity index (χ3n) is 4.18. The van der Waals surface area contributed by atoms with Gasteiger partial charge in [-0.05, 0) is 32.1 Å². The number of ether oxygens (including phenoxy) is 1. The van der Waals surface area contributed by atoms with Gasteiger partial charge in [-0.3, -0.25) is 0 Å². The molecule has 0 amide bonds. The van der Waals surface area contributed by atoms with Crippen molar-refractivity contribution in [1.82, 2.24) is 9.97 Å². The van der Waals surface area contributed by atoms with Gasteiger partial charge in [0.2, 0.25) is 5.95 Å². The highest BCUT2D eigenvalue weighted by Crippen LogP contribution is 2.46. The van der Waals surface area contributed by atoms with Crippen LogP contribution in [0.3, 0.4) is 0 Å². The molecule has 96 valence electrons. The number of carbonyl (C=O) groups is 1. The highest BCUT2D eigenvalue weighted by atomic mass is 16.5. The van der Waals surface area contributed by atoms with Gasteiger partial charge in [0, 0.05) is 24.5 Å². The average Bonchev–Trinajstić information content (AvgIpc) is 2.82. The van der Waals surface area contributed by atoms with E-state index in [1.54, 1.807) is 12.4 Å². The first-order valence-corrected chi connectivity index (χ1v) is 6.43. The molecule has 1 aromatic heterocycles. The quantitative estimate of drug-likeness (QED) is 0.746. The normalized spacial score (nSPS) is 20.8. The first-order valence-electron chi connectivity index (χ1n) is 6.43. The number of aromatic nitrogens is 2. The summed E-state index contributed by atoms with van der Waals surface area (Å²) in [5.41, 5.74) is 0.718. The van der Waals surface area contributed by atoms with Crippen molar-refractivity contribution in [2.24, 2.45) is 0 Å². The van der Waals surface area contributed by atoms with Gasteiger partial charge in [-0.15, -0.1) is 0 Å². The van der Waals surface area contributed by atoms with Crippen LogP contribution in [0, 0.1) is 0 Å². The zero-order valence-electron chi connectivity index (χ0n) is 10.6. The lowest BCUT2D eigenvalue weighted by Crippen LogP contribution is -2.50. The van der Waals surface area contributed by atoms with Crippen molar-refractivity contribution >= 4 is 11.9 Å². The molecule has 1 saturated carbocycles. The summed E-state index contributed by atoms with van der Waals surface area (Å²) in [6, 6.07) is 0. The Morgan fingerprint density at radius 1 is 1.28 bits per heavy atom. The molecule has 0 unspecified atom stereocenters. The SMILES string of the molecule is COC(=O)c1cnc(N2CCCC23CCC3)nc1. The number of anilines is 1. The number of hydrogen-bond acceptors (Lipinski definition) is 5. The van der Waals surface area contributed by atoms with E-state index in [0.29, 0.717) is 11.1 Å². The Balaban J connectivity index is 1.82. The van der Waals surface area contributed by atoms with Crippen molar-refractivity contribution in [3.63, 3.8) is 0 Å². The first kappa shape index (κ1) is 11.4. The molecule has 1 aromatic rings. The van der Waals surface area contributed by atoms with Crippen LogP contribution in [0.4, 0.5) is 5.95 Å². The van der Waals surface area contributed by atoms with Gasteiger partial charge >= 0.3 is 5.97 Å². The third-order valence-corrected chi connectivity index (χ3v) is 4.18. The molecule has 0 N–H and O–H groups in total. The molecule has 0 bridgehead atoms. The maximum absolute atomic E-state index is 11.3. The Kier molecular flexibility index (Phi) is 2.69. The molecule has 2 heterocycles. The highest BCUT2D eigenvalue weighted by Gasteiger charge is 2.46. The fourth-order valence-corrected chi connectivity index (χ4v) is 3.04. The Morgan fingerprint density at radius 3 is 2.50 bits per heavy atom. The Hall–Kier alpha value is -1.65. The molecule has 18 heavy (non-hydrogen) atoms. The van der Waals surface area contributed by atoms with E-state index in [1.807, 2.05) is 0 Å². The molecular weight excluding hydrogens is 230 g/mol. The van der Waals surface area contributed by atoms with Gasteiger partial charge in [0.15, 0.2) is 0 Å². The van der Waals surface area contributed by atoms with Crippen LogP contribution in [-0.2, 0) is 4.74 Å². The van der Waals surface area contributed by atoms with E-state index in [0.717, 1.165) is 12.5 Å². The van der Waals surface area contributed by atoms with Crippen LogP contribution in [0.25, 0.3) is 0 Å². The number of carbonyl (C=O) groups excluding carboxylic acids is 1. The van der Waals surface area contributed by atoms with E-state index < -0.39 is 0 Å². The molecule has 5 heteroatoms. The minimum absolute atomic E-state index is 0.312. The van der Waals surface area contributed by atoms with Gasteiger partial charge in [0.1, 0.15) is 0 Å². The molecule has 1 aliphatic heterocycles. The van der Waals surface area contributed by atoms with E-state index in [9.17, 15) is 4.79 Å². The second-order valence-corrected chi connectivity index (χ2v) is 5.10. The number of esters is 1. The summed E-state index contributed by atoms with van der Waals surface area (Å²) in [4.78, 5) is 22.3. The van der Waals surface area contributed by atoms with Crippen LogP contribution in [0.2, 0.25) is 0 Å². The van der Waals surface area contributed by atoms with Crippen molar-refractivity contribution in [3.8, 4) is 0 Å². The maximum Gasteiger partial charge on any atom is 0.341 e. The van der Waals surface area contributed by atoms with Crippen LogP contribution in [-0.4, -0.2) is 35.1 Å². The van der Waals surface area contributed by atoms with E-state index >= 15 is 0 Å². The number of hydrogen-bond donors (Lipinski definition) is 0. The summed E-state index contributed by atoms with van der Waals surface area (Å²) < 4.78 is 4.64. The van der Waals surface area contributed by atoms with Crippen LogP contribution in [0.5, 0.6) is 0 Å². The van der Waals surface area contributed by atoms with Gasteiger partial charge in [-0.2, -0.15) is 0 Å². The van der Waals surface area contributed by atoms with Gasteiger partial charge in [0.25, 0.3) is 0 Å². The molecule has 1 spiro atoms. The number of rotatable bonds is 2. The van der Waals surface area contributed by atoms with E-state index in [-0.39, 0.29) is 5.97 Å². The van der Waals surface area contributed by atoms with Crippen molar-refractivity contribution < 1.29 is 9.53 Å². The molecule has 5 nitrogen and oxygen atoms in total. The smallest absolute Gasteiger partial charge is 0.341 e. The summed E-state index contributed by atoms with van der Waals surface area (Å²) in [5.74, 6) is 0.362. The molecule has 1 saturated heterocycles. The van der Waals surface area contributed by atoms with Crippen molar-refractivity contribution in [2.45, 2.75) is 37.6 Å². The molecule has 0 aromatic carbocycles. The fraction of sp³-hybridized carbons (Fsp3) is 0.615. The lowest BCUT2D eigenvalue weighted by atomic mass is 9.75. The van der Waals surface area contributed by atoms with Gasteiger partial charge in [-0.25, -0.2) is 14.8 Å². The lowest BCUT2D eigenvalue weighted by Gasteiger charge is -2.45. The summed E-state index contributed by atoms with van der Waals surface area (Å²) in [6.45, 7) is 1.03. The van der Waals surface area contributed by atoms with E-state index in [4.69, 9.17) is 0 Å². The fourth-order valence-electron chi connectivity index (χ4n) is 3.04. The topological polar surface area (TPSA) is 55.3 Å². The van der Waals surface area contributed by atoms with Crippen LogP contribution < -0.4 is 4.90 Å². The zero-order chi connectivity index (χ0) is 12.6. The summed E-state index contributed by atoms with van der Waals surface area (Å²) >= 11 is 0. The average molecular weight is 247 g/mol. The summed E-state index contributed by atoms with van der Waals surface area (Å²) in [6.07, 6.45) is 9.36. The maximum atomic E-state index is 11.3. The predicted molar refractivity (Wildman–Crippen MR) is 66.5 cm³/mol. The number of nitrogens with zero attached hydrogens (tertiary/aromatic N) is 3. The van der Waals surface area contributed by atoms with E-state index in [1.165, 1.54) is 39.2 Å². The third kappa shape index (κ3) is 1.65. The van der Waals surface area contributed by atoms with Gasteiger partial charge in [0.05, 0.1) is 12.7 Å². The molecule has 2 fully saturated rings. The first-order chi connectivity index (χ1) is 8.75. The van der Waals surface area contributed by atoms with Gasteiger partial charge < -0.3 is 9.64 Å². The molecule has 2 aliphatic rings. The van der Waals surface area contributed by atoms with Crippen LogP contribution in [0.1, 0.15) is 42.5 Å². The monoisotopic (exact) mass is 247 g/mol. The highest BCUT2D eigenvalue weighted by molar-refractivity contribution is 5.88. The zero-order valence-corrected chi connectivity index (χ0v) is 10.6. The number of methoxy groups -OCH3 is 1. The van der Waals surface area contributed by atoms with Gasteiger partial charge in [-0.1, -0.05) is 0 Å². The standard InChI is InChI=1S/C13H17N3O2/c1-18-11(17)10-8-14-12(15-9-10)16-7-3-6-13(16)4-2-5-13/h8-9H,2-7H2,1H3. The summed E-state index contributed by atoms with van der Waals surface area (Å²) in [7, 11) is 1.36. The molecule has 0 atom stereocenters. The molecular formula is C13H17N3O2. The Bertz CT molecular complexity index is 454. The predicted octanol–water partition coefficient (Wildman–Crippen LogP) is 1.79. The largest absolute Gasteiger partial charge is 0.465 e. The lowest BCUT2D eigenvalue weighted by molar-refractivity contribution is 0.0600. The molecule has 1 aliphatic carbocycles. The van der Waals surface area contributed by atoms with Crippen LogP contribution in [0.15, 0.2) is 12.4 Å². The van der Waals surface area contributed by atoms with E-state index in [2.05, 4.69) is 19.6 Å². The Morgan fingerprint density at radius 2 is 1.94 bits per heavy atom. The molecule has 3 rings (SSSR count). The summed E-state index contributed by atoms with van der Waals surface area (Å²) in [5, 5.41) is 0. The molecule has 0 radical (unpaired) electrons.